The van der Waals surface area contributed by atoms with Gasteiger partial charge in [0.25, 0.3) is 5.69 Å². The fourth-order valence-electron chi connectivity index (χ4n) is 1.26. The summed E-state index contributed by atoms with van der Waals surface area (Å²) in [5.41, 5.74) is 4.83. The van der Waals surface area contributed by atoms with Crippen LogP contribution in [0.3, 0.4) is 0 Å². The molecule has 1 aromatic carbocycles. The van der Waals surface area contributed by atoms with E-state index in [0.29, 0.717) is 0 Å². The summed E-state index contributed by atoms with van der Waals surface area (Å²) in [5.74, 6) is -1.25. The molecule has 0 atom stereocenters. The second kappa shape index (κ2) is 4.27. The molecule has 0 saturated carbocycles. The van der Waals surface area contributed by atoms with Gasteiger partial charge in [0.1, 0.15) is 6.07 Å². The molecular weight excluding hydrogens is 214 g/mol. The Balaban J connectivity index is 3.43. The Morgan fingerprint density at radius 2 is 2.25 bits per heavy atom. The first kappa shape index (κ1) is 11.5. The second-order valence-electron chi connectivity index (χ2n) is 2.96. The maximum absolute atomic E-state index is 10.6. The van der Waals surface area contributed by atoms with Gasteiger partial charge in [-0.2, -0.15) is 5.26 Å². The maximum Gasteiger partial charge on any atom is 0.308 e. The van der Waals surface area contributed by atoms with Gasteiger partial charge in [-0.25, -0.2) is 0 Å². The molecule has 0 unspecified atom stereocenters. The third-order valence-corrected chi connectivity index (χ3v) is 1.98. The smallest absolute Gasteiger partial charge is 0.308 e. The molecule has 0 radical (unpaired) electrons. The zero-order valence-corrected chi connectivity index (χ0v) is 8.01. The van der Waals surface area contributed by atoms with E-state index >= 15 is 0 Å². The predicted molar refractivity (Wildman–Crippen MR) is 53.6 cm³/mol. The number of benzene rings is 1. The number of carboxylic acid groups (broad SMARTS) is 1. The molecule has 0 spiro atoms. The lowest BCUT2D eigenvalue weighted by atomic mass is 10.0. The number of aliphatic carboxylic acids is 1. The molecule has 7 heteroatoms. The van der Waals surface area contributed by atoms with Crippen LogP contribution in [0, 0.1) is 21.4 Å². The number of nitriles is 1. The van der Waals surface area contributed by atoms with Crippen LogP contribution in [0.4, 0.5) is 11.4 Å². The van der Waals surface area contributed by atoms with Crippen molar-refractivity contribution in [3.63, 3.8) is 0 Å². The number of nitrogens with two attached hydrogens (primary N) is 1. The lowest BCUT2D eigenvalue weighted by molar-refractivity contribution is -0.385. The summed E-state index contributed by atoms with van der Waals surface area (Å²) in [5, 5.41) is 27.9. The highest BCUT2D eigenvalue weighted by molar-refractivity contribution is 5.78. The third kappa shape index (κ3) is 2.06. The van der Waals surface area contributed by atoms with Crippen LogP contribution in [-0.2, 0) is 11.2 Å². The molecule has 0 amide bonds. The fraction of sp³-hybridized carbons (Fsp3) is 0.111. The average Bonchev–Trinajstić information content (AvgIpc) is 2.19. The number of rotatable bonds is 3. The van der Waals surface area contributed by atoms with Gasteiger partial charge in [0, 0.05) is 6.07 Å². The van der Waals surface area contributed by atoms with Crippen molar-refractivity contribution in [2.24, 2.45) is 0 Å². The van der Waals surface area contributed by atoms with Crippen molar-refractivity contribution in [3.05, 3.63) is 33.4 Å². The molecule has 0 saturated heterocycles. The highest BCUT2D eigenvalue weighted by atomic mass is 16.6. The van der Waals surface area contributed by atoms with Crippen LogP contribution in [0.5, 0.6) is 0 Å². The maximum atomic E-state index is 10.6. The minimum absolute atomic E-state index is 0.0295. The number of carbonyl (C=O) groups is 1. The van der Waals surface area contributed by atoms with Crippen LogP contribution in [0.25, 0.3) is 0 Å². The number of nitro benzene ring substituents is 1. The highest BCUT2D eigenvalue weighted by Gasteiger charge is 2.21. The fourth-order valence-corrected chi connectivity index (χ4v) is 1.26. The van der Waals surface area contributed by atoms with Crippen molar-refractivity contribution < 1.29 is 14.8 Å². The van der Waals surface area contributed by atoms with Gasteiger partial charge < -0.3 is 10.8 Å². The van der Waals surface area contributed by atoms with E-state index in [1.807, 2.05) is 0 Å². The number of hydrogen-bond acceptors (Lipinski definition) is 5. The van der Waals surface area contributed by atoms with Gasteiger partial charge in [0.15, 0.2) is 0 Å². The van der Waals surface area contributed by atoms with Crippen LogP contribution >= 0.6 is 0 Å². The van der Waals surface area contributed by atoms with Crippen molar-refractivity contribution in [3.8, 4) is 6.07 Å². The summed E-state index contributed by atoms with van der Waals surface area (Å²) in [4.78, 5) is 20.4. The number of carboxylic acids is 1. The van der Waals surface area contributed by atoms with E-state index in [0.717, 1.165) is 6.07 Å². The Kier molecular flexibility index (Phi) is 3.06. The van der Waals surface area contributed by atoms with Crippen LogP contribution < -0.4 is 5.73 Å². The van der Waals surface area contributed by atoms with Crippen molar-refractivity contribution >= 4 is 17.3 Å². The quantitative estimate of drug-likeness (QED) is 0.438. The van der Waals surface area contributed by atoms with Gasteiger partial charge >= 0.3 is 5.97 Å². The van der Waals surface area contributed by atoms with E-state index < -0.39 is 17.3 Å². The zero-order valence-electron chi connectivity index (χ0n) is 8.01. The molecule has 0 bridgehead atoms. The van der Waals surface area contributed by atoms with Gasteiger partial charge in [0.2, 0.25) is 0 Å². The monoisotopic (exact) mass is 221 g/mol. The van der Waals surface area contributed by atoms with Crippen molar-refractivity contribution in [1.29, 1.82) is 5.26 Å². The van der Waals surface area contributed by atoms with Crippen molar-refractivity contribution in [1.82, 2.24) is 0 Å². The van der Waals surface area contributed by atoms with Gasteiger partial charge in [-0.05, 0) is 6.07 Å². The summed E-state index contributed by atoms with van der Waals surface area (Å²) in [7, 11) is 0. The van der Waals surface area contributed by atoms with Gasteiger partial charge in [-0.15, -0.1) is 0 Å². The van der Waals surface area contributed by atoms with Crippen LogP contribution in [0.2, 0.25) is 0 Å². The third-order valence-electron chi connectivity index (χ3n) is 1.98. The molecule has 0 fully saturated rings. The van der Waals surface area contributed by atoms with E-state index in [1.165, 1.54) is 6.07 Å². The normalized spacial score (nSPS) is 9.44. The van der Waals surface area contributed by atoms with E-state index in [4.69, 9.17) is 16.1 Å². The lowest BCUT2D eigenvalue weighted by Gasteiger charge is -2.05. The lowest BCUT2D eigenvalue weighted by Crippen LogP contribution is -2.08. The summed E-state index contributed by atoms with van der Waals surface area (Å²) in [6.45, 7) is 0. The highest BCUT2D eigenvalue weighted by Crippen LogP contribution is 2.27. The summed E-state index contributed by atoms with van der Waals surface area (Å²) in [6, 6.07) is 4.00. The summed E-state index contributed by atoms with van der Waals surface area (Å²) in [6.07, 6.45) is -0.586. The Bertz CT molecular complexity index is 504. The first-order valence-corrected chi connectivity index (χ1v) is 4.15. The average molecular weight is 221 g/mol. The Hall–Kier alpha value is -2.62. The number of nitrogens with zero attached hydrogens (tertiary/aromatic N) is 2. The molecule has 1 rings (SSSR count). The Morgan fingerprint density at radius 3 is 2.69 bits per heavy atom. The largest absolute Gasteiger partial charge is 0.481 e. The molecule has 16 heavy (non-hydrogen) atoms. The molecule has 0 heterocycles. The predicted octanol–water partition coefficient (Wildman–Crippen LogP) is 0.676. The van der Waals surface area contributed by atoms with E-state index in [2.05, 4.69) is 0 Å². The van der Waals surface area contributed by atoms with Crippen LogP contribution in [0.1, 0.15) is 11.1 Å². The number of anilines is 1. The summed E-state index contributed by atoms with van der Waals surface area (Å²) >= 11 is 0. The SMILES string of the molecule is N#Cc1ccc([N+](=O)[O-])c(CC(=O)O)c1N. The van der Waals surface area contributed by atoms with Gasteiger partial charge in [0.05, 0.1) is 28.2 Å². The molecule has 0 aliphatic rings. The molecule has 3 N–H and O–H groups in total. The zero-order chi connectivity index (χ0) is 12.3. The van der Waals surface area contributed by atoms with Crippen LogP contribution in [0.15, 0.2) is 12.1 Å². The van der Waals surface area contributed by atoms with E-state index in [9.17, 15) is 14.9 Å². The topological polar surface area (TPSA) is 130 Å². The molecule has 7 nitrogen and oxygen atoms in total. The van der Waals surface area contributed by atoms with Crippen LogP contribution in [-0.4, -0.2) is 16.0 Å². The minimum atomic E-state index is -1.25. The van der Waals surface area contributed by atoms with Crippen molar-refractivity contribution in [2.75, 3.05) is 5.73 Å². The molecule has 0 aliphatic heterocycles. The standard InChI is InChI=1S/C9H7N3O4/c10-4-5-1-2-7(12(15)16)6(9(5)11)3-8(13)14/h1-2H,3,11H2,(H,13,14). The number of nitro groups is 1. The molecule has 0 aromatic heterocycles. The Labute approximate surface area is 89.9 Å². The first-order chi connectivity index (χ1) is 7.47. The summed E-state index contributed by atoms with van der Waals surface area (Å²) < 4.78 is 0. The van der Waals surface area contributed by atoms with Gasteiger partial charge in [-0.3, -0.25) is 14.9 Å². The molecule has 82 valence electrons. The second-order valence-corrected chi connectivity index (χ2v) is 2.96. The number of nitrogen functional groups attached to an aromatic ring is 1. The van der Waals surface area contributed by atoms with E-state index in [-0.39, 0.29) is 22.5 Å². The van der Waals surface area contributed by atoms with E-state index in [1.54, 1.807) is 6.07 Å². The molecular formula is C9H7N3O4. The Morgan fingerprint density at radius 1 is 1.62 bits per heavy atom. The van der Waals surface area contributed by atoms with Gasteiger partial charge in [-0.1, -0.05) is 0 Å². The first-order valence-electron chi connectivity index (χ1n) is 4.15. The molecule has 0 aliphatic carbocycles. The van der Waals surface area contributed by atoms with Crippen molar-refractivity contribution in [2.45, 2.75) is 6.42 Å². The number of hydrogen-bond donors (Lipinski definition) is 2. The molecule has 1 aromatic rings. The minimum Gasteiger partial charge on any atom is -0.481 e.